The fourth-order valence-corrected chi connectivity index (χ4v) is 4.65. The number of carbonyl (C=O) groups excluding carboxylic acids is 2. The van der Waals surface area contributed by atoms with Gasteiger partial charge in [-0.05, 0) is 30.7 Å². The van der Waals surface area contributed by atoms with Gasteiger partial charge in [0, 0.05) is 50.0 Å². The van der Waals surface area contributed by atoms with Crippen LogP contribution in [0.5, 0.6) is 0 Å². The number of urea groups is 1. The molecule has 1 spiro atoms. The molecule has 2 aromatic heterocycles. The molecule has 0 aliphatic carbocycles. The van der Waals surface area contributed by atoms with Gasteiger partial charge in [0.1, 0.15) is 11.2 Å². The third kappa shape index (κ3) is 4.11. The van der Waals surface area contributed by atoms with Crippen molar-refractivity contribution in [1.29, 1.82) is 0 Å². The van der Waals surface area contributed by atoms with E-state index >= 15 is 0 Å². The first-order valence-corrected chi connectivity index (χ1v) is 11.1. The van der Waals surface area contributed by atoms with E-state index in [1.165, 1.54) is 4.90 Å². The molecular weight excluding hydrogens is 394 g/mol. The predicted octanol–water partition coefficient (Wildman–Crippen LogP) is 2.36. The molecule has 0 aromatic carbocycles. The van der Waals surface area contributed by atoms with Gasteiger partial charge in [0.15, 0.2) is 0 Å². The zero-order valence-corrected chi connectivity index (χ0v) is 18.9. The van der Waals surface area contributed by atoms with Crippen molar-refractivity contribution in [1.82, 2.24) is 29.7 Å². The number of nitrogen functional groups attached to an aromatic ring is 1. The fraction of sp³-hybridized carbons (Fsp3) is 0.636. The standard InChI is InChI=1S/C22H33N7O2/c1-5-8-28-18(30)22(26-20(28)31)6-9-27(10-7-22)13-16-11-15-12-24-19(23)25-17(15)29(16)14-21(2,3)4/h11-12H,5-10,13-14H2,1-4H3,(H,26,31)(H2,23,24,25). The topological polar surface area (TPSA) is 109 Å². The number of anilines is 1. The molecule has 4 heterocycles. The Balaban J connectivity index is 1.52. The number of hydrogen-bond donors (Lipinski definition) is 2. The molecule has 168 valence electrons. The summed E-state index contributed by atoms with van der Waals surface area (Å²) < 4.78 is 2.24. The lowest BCUT2D eigenvalue weighted by Crippen LogP contribution is -2.54. The van der Waals surface area contributed by atoms with E-state index < -0.39 is 5.54 Å². The van der Waals surface area contributed by atoms with Crippen molar-refractivity contribution in [3.05, 3.63) is 18.0 Å². The zero-order valence-electron chi connectivity index (χ0n) is 18.9. The summed E-state index contributed by atoms with van der Waals surface area (Å²) >= 11 is 0. The highest BCUT2D eigenvalue weighted by molar-refractivity contribution is 6.07. The second-order valence-corrected chi connectivity index (χ2v) is 10.0. The van der Waals surface area contributed by atoms with Crippen LogP contribution in [-0.2, 0) is 17.9 Å². The number of nitrogens with two attached hydrogens (primary N) is 1. The van der Waals surface area contributed by atoms with Gasteiger partial charge in [-0.3, -0.25) is 14.6 Å². The monoisotopic (exact) mass is 427 g/mol. The maximum Gasteiger partial charge on any atom is 0.325 e. The fourth-order valence-electron chi connectivity index (χ4n) is 4.65. The van der Waals surface area contributed by atoms with E-state index in [9.17, 15) is 9.59 Å². The van der Waals surface area contributed by atoms with Crippen LogP contribution in [0.25, 0.3) is 11.0 Å². The summed E-state index contributed by atoms with van der Waals surface area (Å²) in [7, 11) is 0. The average Bonchev–Trinajstić information content (AvgIpc) is 3.12. The summed E-state index contributed by atoms with van der Waals surface area (Å²) in [6.07, 6.45) is 3.81. The van der Waals surface area contributed by atoms with Gasteiger partial charge >= 0.3 is 6.03 Å². The lowest BCUT2D eigenvalue weighted by atomic mass is 9.87. The highest BCUT2D eigenvalue weighted by Crippen LogP contribution is 2.31. The lowest BCUT2D eigenvalue weighted by Gasteiger charge is -2.37. The number of imide groups is 1. The Hall–Kier alpha value is -2.68. The van der Waals surface area contributed by atoms with Gasteiger partial charge in [0.25, 0.3) is 5.91 Å². The van der Waals surface area contributed by atoms with Crippen molar-refractivity contribution < 1.29 is 9.59 Å². The Kier molecular flexibility index (Phi) is 5.41. The van der Waals surface area contributed by atoms with Crippen LogP contribution >= 0.6 is 0 Å². The van der Waals surface area contributed by atoms with Crippen molar-refractivity contribution in [3.63, 3.8) is 0 Å². The summed E-state index contributed by atoms with van der Waals surface area (Å²) in [4.78, 5) is 37.5. The first-order valence-electron chi connectivity index (χ1n) is 11.1. The van der Waals surface area contributed by atoms with E-state index in [0.717, 1.165) is 49.3 Å². The molecule has 9 heteroatoms. The summed E-state index contributed by atoms with van der Waals surface area (Å²) in [5.41, 5.74) is 7.22. The largest absolute Gasteiger partial charge is 0.368 e. The van der Waals surface area contributed by atoms with Crippen molar-refractivity contribution in [2.75, 3.05) is 25.4 Å². The van der Waals surface area contributed by atoms with Crippen LogP contribution in [0, 0.1) is 5.41 Å². The minimum absolute atomic E-state index is 0.0633. The molecule has 3 N–H and O–H groups in total. The molecule has 0 bridgehead atoms. The minimum Gasteiger partial charge on any atom is -0.368 e. The Morgan fingerprint density at radius 2 is 1.94 bits per heavy atom. The molecule has 0 radical (unpaired) electrons. The molecule has 0 unspecified atom stereocenters. The highest BCUT2D eigenvalue weighted by Gasteiger charge is 2.51. The first-order chi connectivity index (χ1) is 14.6. The van der Waals surface area contributed by atoms with Gasteiger partial charge in [-0.25, -0.2) is 9.78 Å². The minimum atomic E-state index is -0.735. The van der Waals surface area contributed by atoms with Crippen LogP contribution in [0.15, 0.2) is 12.3 Å². The zero-order chi connectivity index (χ0) is 22.4. The number of piperidine rings is 1. The molecule has 2 aliphatic heterocycles. The van der Waals surface area contributed by atoms with Gasteiger partial charge < -0.3 is 15.6 Å². The van der Waals surface area contributed by atoms with E-state index in [4.69, 9.17) is 5.73 Å². The molecule has 0 saturated carbocycles. The van der Waals surface area contributed by atoms with Crippen molar-refractivity contribution in [2.45, 2.75) is 65.6 Å². The Morgan fingerprint density at radius 3 is 2.58 bits per heavy atom. The van der Waals surface area contributed by atoms with Crippen molar-refractivity contribution in [2.24, 2.45) is 5.41 Å². The highest BCUT2D eigenvalue weighted by atomic mass is 16.2. The quantitative estimate of drug-likeness (QED) is 0.709. The Morgan fingerprint density at radius 1 is 1.23 bits per heavy atom. The van der Waals surface area contributed by atoms with E-state index in [-0.39, 0.29) is 23.3 Å². The van der Waals surface area contributed by atoms with Gasteiger partial charge in [-0.1, -0.05) is 27.7 Å². The molecule has 2 aromatic rings. The maximum atomic E-state index is 12.9. The Bertz CT molecular complexity index is 999. The van der Waals surface area contributed by atoms with Crippen LogP contribution in [0.2, 0.25) is 0 Å². The lowest BCUT2D eigenvalue weighted by molar-refractivity contribution is -0.133. The summed E-state index contributed by atoms with van der Waals surface area (Å²) in [5, 5.41) is 3.96. The van der Waals surface area contributed by atoms with Gasteiger partial charge in [0.05, 0.1) is 0 Å². The van der Waals surface area contributed by atoms with Gasteiger partial charge in [-0.15, -0.1) is 0 Å². The van der Waals surface area contributed by atoms with Crippen LogP contribution in [0.3, 0.4) is 0 Å². The van der Waals surface area contributed by atoms with E-state index in [1.54, 1.807) is 6.20 Å². The van der Waals surface area contributed by atoms with Crippen LogP contribution in [-0.4, -0.2) is 61.4 Å². The number of nitrogens with one attached hydrogen (secondary N) is 1. The van der Waals surface area contributed by atoms with Crippen LogP contribution < -0.4 is 11.1 Å². The molecule has 3 amide bonds. The molecule has 0 atom stereocenters. The number of hydrogen-bond acceptors (Lipinski definition) is 6. The van der Waals surface area contributed by atoms with Gasteiger partial charge in [0.2, 0.25) is 5.95 Å². The SMILES string of the molecule is CCCN1C(=O)NC2(CCN(Cc3cc4cnc(N)nc4n3CC(C)(C)C)CC2)C1=O. The number of carbonyl (C=O) groups is 2. The third-order valence-electron chi connectivity index (χ3n) is 6.16. The van der Waals surface area contributed by atoms with E-state index in [0.29, 0.717) is 19.4 Å². The number of fused-ring (bicyclic) bond motifs is 1. The molecular formula is C22H33N7O2. The second-order valence-electron chi connectivity index (χ2n) is 10.0. The molecule has 9 nitrogen and oxygen atoms in total. The summed E-state index contributed by atoms with van der Waals surface area (Å²) in [6.45, 7) is 12.1. The van der Waals surface area contributed by atoms with Crippen LogP contribution in [0.4, 0.5) is 10.7 Å². The van der Waals surface area contributed by atoms with Crippen molar-refractivity contribution in [3.8, 4) is 0 Å². The number of amides is 3. The second kappa shape index (κ2) is 7.78. The number of nitrogens with zero attached hydrogens (tertiary/aromatic N) is 5. The maximum absolute atomic E-state index is 12.9. The number of aromatic nitrogens is 3. The smallest absolute Gasteiger partial charge is 0.325 e. The van der Waals surface area contributed by atoms with Gasteiger partial charge in [-0.2, -0.15) is 4.98 Å². The summed E-state index contributed by atoms with van der Waals surface area (Å²) in [5.74, 6) is 0.214. The summed E-state index contributed by atoms with van der Waals surface area (Å²) in [6, 6.07) is 1.89. The Labute approximate surface area is 183 Å². The molecule has 31 heavy (non-hydrogen) atoms. The van der Waals surface area contributed by atoms with E-state index in [1.807, 2.05) is 6.92 Å². The molecule has 2 aliphatic rings. The third-order valence-corrected chi connectivity index (χ3v) is 6.16. The van der Waals surface area contributed by atoms with Crippen LogP contribution in [0.1, 0.15) is 52.7 Å². The normalized spacial score (nSPS) is 19.5. The number of rotatable bonds is 5. The van der Waals surface area contributed by atoms with Crippen molar-refractivity contribution >= 4 is 28.9 Å². The van der Waals surface area contributed by atoms with E-state index in [2.05, 4.69) is 51.6 Å². The predicted molar refractivity (Wildman–Crippen MR) is 119 cm³/mol. The molecule has 2 fully saturated rings. The first kappa shape index (κ1) is 21.5. The molecule has 2 saturated heterocycles. The number of likely N-dealkylation sites (tertiary alicyclic amines) is 1. The molecule has 4 rings (SSSR count). The average molecular weight is 428 g/mol.